The predicted octanol–water partition coefficient (Wildman–Crippen LogP) is -0.432. The average molecular weight is 262 g/mol. The molecule has 0 bridgehead atoms. The van der Waals surface area contributed by atoms with Gasteiger partial charge >= 0.3 is 0 Å². The number of nitrogens with two attached hydrogens (primary N) is 1. The number of hydrogen-bond acceptors (Lipinski definition) is 1. The maximum Gasteiger partial charge on any atom is 0.127 e. The SMILES string of the molecule is C/C(=C\c1ccccc1)C[NH2+]CC[NH+]1CCOCC1. The van der Waals surface area contributed by atoms with Gasteiger partial charge in [0.05, 0.1) is 19.8 Å². The molecule has 0 atom stereocenters. The van der Waals surface area contributed by atoms with E-state index in [9.17, 15) is 0 Å². The van der Waals surface area contributed by atoms with Gasteiger partial charge in [-0.2, -0.15) is 0 Å². The quantitative estimate of drug-likeness (QED) is 0.670. The minimum Gasteiger partial charge on any atom is -0.370 e. The van der Waals surface area contributed by atoms with E-state index in [1.807, 2.05) is 0 Å². The van der Waals surface area contributed by atoms with Crippen LogP contribution in [0.15, 0.2) is 35.9 Å². The number of ether oxygens (including phenoxy) is 1. The first kappa shape index (κ1) is 14.3. The van der Waals surface area contributed by atoms with E-state index in [4.69, 9.17) is 4.74 Å². The summed E-state index contributed by atoms with van der Waals surface area (Å²) in [5.74, 6) is 0. The number of quaternary nitrogens is 2. The van der Waals surface area contributed by atoms with Crippen molar-refractivity contribution < 1.29 is 15.0 Å². The van der Waals surface area contributed by atoms with Gasteiger partial charge in [-0.05, 0) is 18.1 Å². The highest BCUT2D eigenvalue weighted by molar-refractivity contribution is 5.51. The lowest BCUT2D eigenvalue weighted by atomic mass is 10.1. The molecular formula is C16H26N2O+2. The molecule has 0 amide bonds. The molecule has 0 spiro atoms. The van der Waals surface area contributed by atoms with E-state index < -0.39 is 0 Å². The highest BCUT2D eigenvalue weighted by Crippen LogP contribution is 2.04. The van der Waals surface area contributed by atoms with Gasteiger partial charge in [-0.25, -0.2) is 0 Å². The molecule has 1 aliphatic rings. The maximum absolute atomic E-state index is 5.37. The lowest BCUT2D eigenvalue weighted by Crippen LogP contribution is -3.16. The van der Waals surface area contributed by atoms with Crippen LogP contribution in [0.4, 0.5) is 0 Å². The number of rotatable bonds is 6. The van der Waals surface area contributed by atoms with Gasteiger partial charge in [0.1, 0.15) is 26.2 Å². The molecule has 2 rings (SSSR count). The second-order valence-corrected chi connectivity index (χ2v) is 5.30. The second kappa shape index (κ2) is 8.10. The van der Waals surface area contributed by atoms with Gasteiger partial charge in [0.2, 0.25) is 0 Å². The molecule has 3 N–H and O–H groups in total. The molecule has 0 aromatic heterocycles. The fourth-order valence-corrected chi connectivity index (χ4v) is 2.44. The monoisotopic (exact) mass is 262 g/mol. The van der Waals surface area contributed by atoms with Crippen molar-refractivity contribution in [1.29, 1.82) is 0 Å². The number of nitrogens with one attached hydrogen (secondary N) is 1. The van der Waals surface area contributed by atoms with Crippen LogP contribution in [0, 0.1) is 0 Å². The van der Waals surface area contributed by atoms with Crippen molar-refractivity contribution in [2.24, 2.45) is 0 Å². The Bertz CT molecular complexity index is 383. The average Bonchev–Trinajstić information content (AvgIpc) is 2.46. The molecule has 0 aliphatic carbocycles. The van der Waals surface area contributed by atoms with Crippen LogP contribution in [0.1, 0.15) is 12.5 Å². The normalized spacial score (nSPS) is 17.6. The Labute approximate surface area is 116 Å². The van der Waals surface area contributed by atoms with Gasteiger partial charge in [-0.15, -0.1) is 0 Å². The van der Waals surface area contributed by atoms with E-state index in [-0.39, 0.29) is 0 Å². The van der Waals surface area contributed by atoms with Crippen LogP contribution in [-0.4, -0.2) is 45.9 Å². The molecule has 19 heavy (non-hydrogen) atoms. The molecule has 3 heteroatoms. The van der Waals surface area contributed by atoms with Crippen LogP contribution < -0.4 is 10.2 Å². The van der Waals surface area contributed by atoms with Crippen molar-refractivity contribution in [3.8, 4) is 0 Å². The summed E-state index contributed by atoms with van der Waals surface area (Å²) < 4.78 is 5.37. The van der Waals surface area contributed by atoms with Crippen LogP contribution in [0.5, 0.6) is 0 Å². The van der Waals surface area contributed by atoms with E-state index in [0.717, 1.165) is 19.8 Å². The summed E-state index contributed by atoms with van der Waals surface area (Å²) in [6, 6.07) is 10.5. The third-order valence-electron chi connectivity index (χ3n) is 3.58. The molecule has 1 aliphatic heterocycles. The first-order chi connectivity index (χ1) is 9.34. The Kier molecular flexibility index (Phi) is 6.08. The van der Waals surface area contributed by atoms with Gasteiger partial charge < -0.3 is 15.0 Å². The van der Waals surface area contributed by atoms with Crippen LogP contribution in [0.3, 0.4) is 0 Å². The largest absolute Gasteiger partial charge is 0.370 e. The summed E-state index contributed by atoms with van der Waals surface area (Å²) in [5, 5.41) is 2.41. The predicted molar refractivity (Wildman–Crippen MR) is 78.1 cm³/mol. The summed E-state index contributed by atoms with van der Waals surface area (Å²) in [4.78, 5) is 1.69. The van der Waals surface area contributed by atoms with Gasteiger partial charge in [0.25, 0.3) is 0 Å². The van der Waals surface area contributed by atoms with Crippen molar-refractivity contribution in [3.05, 3.63) is 41.5 Å². The Morgan fingerprint density at radius 1 is 1.26 bits per heavy atom. The molecule has 1 aromatic rings. The first-order valence-electron chi connectivity index (χ1n) is 7.30. The van der Waals surface area contributed by atoms with Crippen molar-refractivity contribution in [2.45, 2.75) is 6.92 Å². The highest BCUT2D eigenvalue weighted by Gasteiger charge is 2.13. The Hall–Kier alpha value is -1.16. The lowest BCUT2D eigenvalue weighted by Gasteiger charge is -2.22. The smallest absolute Gasteiger partial charge is 0.127 e. The zero-order valence-electron chi connectivity index (χ0n) is 11.9. The fourth-order valence-electron chi connectivity index (χ4n) is 2.44. The number of morpholine rings is 1. The minimum absolute atomic E-state index is 0.933. The second-order valence-electron chi connectivity index (χ2n) is 5.30. The summed E-state index contributed by atoms with van der Waals surface area (Å²) in [7, 11) is 0. The molecule has 3 nitrogen and oxygen atoms in total. The number of hydrogen-bond donors (Lipinski definition) is 2. The van der Waals surface area contributed by atoms with Crippen LogP contribution in [0.25, 0.3) is 6.08 Å². The van der Waals surface area contributed by atoms with E-state index in [0.29, 0.717) is 0 Å². The van der Waals surface area contributed by atoms with Gasteiger partial charge in [-0.1, -0.05) is 36.4 Å². The zero-order valence-corrected chi connectivity index (χ0v) is 11.9. The van der Waals surface area contributed by atoms with Gasteiger partial charge in [0.15, 0.2) is 0 Å². The molecule has 0 saturated carbocycles. The minimum atomic E-state index is 0.933. The topological polar surface area (TPSA) is 30.3 Å². The fraction of sp³-hybridized carbons (Fsp3) is 0.500. The van der Waals surface area contributed by atoms with Crippen molar-refractivity contribution in [2.75, 3.05) is 45.9 Å². The molecule has 1 aromatic carbocycles. The van der Waals surface area contributed by atoms with Crippen LogP contribution >= 0.6 is 0 Å². The molecule has 1 heterocycles. The van der Waals surface area contributed by atoms with E-state index in [2.05, 4.69) is 48.6 Å². The molecule has 0 radical (unpaired) electrons. The third kappa shape index (κ3) is 5.55. The van der Waals surface area contributed by atoms with Gasteiger partial charge in [0, 0.05) is 0 Å². The van der Waals surface area contributed by atoms with E-state index in [1.165, 1.54) is 37.3 Å². The van der Waals surface area contributed by atoms with Crippen molar-refractivity contribution in [1.82, 2.24) is 0 Å². The zero-order chi connectivity index (χ0) is 13.3. The lowest BCUT2D eigenvalue weighted by molar-refractivity contribution is -0.919. The summed E-state index contributed by atoms with van der Waals surface area (Å²) in [6.45, 7) is 9.98. The van der Waals surface area contributed by atoms with E-state index in [1.54, 1.807) is 4.90 Å². The Balaban J connectivity index is 1.63. The third-order valence-corrected chi connectivity index (χ3v) is 3.58. The summed E-state index contributed by atoms with van der Waals surface area (Å²) >= 11 is 0. The number of benzene rings is 1. The first-order valence-corrected chi connectivity index (χ1v) is 7.30. The van der Waals surface area contributed by atoms with Crippen LogP contribution in [-0.2, 0) is 4.74 Å². The standard InChI is InChI=1S/C16H24N2O/c1-15(13-16-5-3-2-4-6-16)14-17-7-8-18-9-11-19-12-10-18/h2-6,13,17H,7-12,14H2,1H3/p+2/b15-13+. The van der Waals surface area contributed by atoms with E-state index >= 15 is 0 Å². The molecule has 104 valence electrons. The Morgan fingerprint density at radius 2 is 2.00 bits per heavy atom. The molecular weight excluding hydrogens is 236 g/mol. The Morgan fingerprint density at radius 3 is 2.74 bits per heavy atom. The maximum atomic E-state index is 5.37. The summed E-state index contributed by atoms with van der Waals surface area (Å²) in [5.41, 5.74) is 2.73. The summed E-state index contributed by atoms with van der Waals surface area (Å²) in [6.07, 6.45) is 2.28. The van der Waals surface area contributed by atoms with Crippen molar-refractivity contribution >= 4 is 6.08 Å². The molecule has 1 saturated heterocycles. The van der Waals surface area contributed by atoms with Crippen molar-refractivity contribution in [3.63, 3.8) is 0 Å². The van der Waals surface area contributed by atoms with Crippen LogP contribution in [0.2, 0.25) is 0 Å². The highest BCUT2D eigenvalue weighted by atomic mass is 16.5. The van der Waals surface area contributed by atoms with Gasteiger partial charge in [-0.3, -0.25) is 0 Å². The molecule has 1 fully saturated rings. The molecule has 0 unspecified atom stereocenters.